The number of thioether (sulfide) groups is 1. The molecule has 1 unspecified atom stereocenters. The molecule has 3 heterocycles. The van der Waals surface area contributed by atoms with Gasteiger partial charge in [0.15, 0.2) is 10.8 Å². The number of nitrogens with zero attached hydrogens (tertiary/aromatic N) is 5. The molecular formula is C23H29N5O2S. The maximum Gasteiger partial charge on any atom is 0.265 e. The van der Waals surface area contributed by atoms with Crippen molar-refractivity contribution in [2.24, 2.45) is 0 Å². The maximum atomic E-state index is 13.3. The van der Waals surface area contributed by atoms with Crippen LogP contribution in [-0.4, -0.2) is 49.0 Å². The SMILES string of the molecule is CCCCN(CC)C(=O)CC1CSc2nc3c(cnn3-c3ccc(C)cc3C)c(=O)n21. The van der Waals surface area contributed by atoms with Crippen LogP contribution in [0.1, 0.15) is 50.3 Å². The lowest BCUT2D eigenvalue weighted by atomic mass is 10.1. The van der Waals surface area contributed by atoms with Gasteiger partial charge in [-0.1, -0.05) is 42.8 Å². The molecule has 0 aliphatic carbocycles. The monoisotopic (exact) mass is 439 g/mol. The lowest BCUT2D eigenvalue weighted by Crippen LogP contribution is -2.35. The molecule has 1 amide bonds. The fraction of sp³-hybridized carbons (Fsp3) is 0.478. The predicted molar refractivity (Wildman–Crippen MR) is 124 cm³/mol. The van der Waals surface area contributed by atoms with Crippen LogP contribution in [0.3, 0.4) is 0 Å². The zero-order valence-corrected chi connectivity index (χ0v) is 19.4. The average molecular weight is 440 g/mol. The zero-order chi connectivity index (χ0) is 22.1. The second-order valence-corrected chi connectivity index (χ2v) is 9.14. The minimum Gasteiger partial charge on any atom is -0.343 e. The minimum atomic E-state index is -0.169. The van der Waals surface area contributed by atoms with Gasteiger partial charge in [-0.15, -0.1) is 0 Å². The summed E-state index contributed by atoms with van der Waals surface area (Å²) < 4.78 is 3.45. The molecule has 1 aliphatic heterocycles. The van der Waals surface area contributed by atoms with Crippen LogP contribution in [0.4, 0.5) is 0 Å². The van der Waals surface area contributed by atoms with Gasteiger partial charge >= 0.3 is 0 Å². The zero-order valence-electron chi connectivity index (χ0n) is 18.6. The van der Waals surface area contributed by atoms with Crippen LogP contribution < -0.4 is 5.56 Å². The van der Waals surface area contributed by atoms with Gasteiger partial charge in [-0.3, -0.25) is 14.2 Å². The van der Waals surface area contributed by atoms with E-state index in [4.69, 9.17) is 4.98 Å². The second kappa shape index (κ2) is 8.86. The van der Waals surface area contributed by atoms with E-state index >= 15 is 0 Å². The van der Waals surface area contributed by atoms with Crippen molar-refractivity contribution in [2.45, 2.75) is 58.2 Å². The molecule has 3 aromatic rings. The molecular weight excluding hydrogens is 410 g/mol. The van der Waals surface area contributed by atoms with Crippen molar-refractivity contribution in [3.05, 3.63) is 45.9 Å². The summed E-state index contributed by atoms with van der Waals surface area (Å²) in [5.41, 5.74) is 3.63. The van der Waals surface area contributed by atoms with E-state index in [9.17, 15) is 9.59 Å². The van der Waals surface area contributed by atoms with Gasteiger partial charge in [0.2, 0.25) is 5.91 Å². The molecule has 7 nitrogen and oxygen atoms in total. The highest BCUT2D eigenvalue weighted by molar-refractivity contribution is 7.99. The quantitative estimate of drug-likeness (QED) is 0.522. The number of benzene rings is 1. The molecule has 0 fully saturated rings. The highest BCUT2D eigenvalue weighted by atomic mass is 32.2. The molecule has 2 aromatic heterocycles. The van der Waals surface area contributed by atoms with Gasteiger partial charge in [-0.25, -0.2) is 9.67 Å². The predicted octanol–water partition coefficient (Wildman–Crippen LogP) is 3.88. The summed E-state index contributed by atoms with van der Waals surface area (Å²) in [5.74, 6) is 0.787. The Kier molecular flexibility index (Phi) is 6.18. The van der Waals surface area contributed by atoms with Crippen LogP contribution >= 0.6 is 11.8 Å². The minimum absolute atomic E-state index is 0.104. The molecule has 8 heteroatoms. The van der Waals surface area contributed by atoms with Gasteiger partial charge in [0.25, 0.3) is 5.56 Å². The molecule has 0 saturated heterocycles. The Balaban J connectivity index is 1.68. The number of amides is 1. The number of carbonyl (C=O) groups is 1. The number of aromatic nitrogens is 4. The molecule has 0 bridgehead atoms. The van der Waals surface area contributed by atoms with Crippen LogP contribution in [0.25, 0.3) is 16.7 Å². The van der Waals surface area contributed by atoms with Crippen LogP contribution in [0, 0.1) is 13.8 Å². The van der Waals surface area contributed by atoms with E-state index in [1.807, 2.05) is 30.9 Å². The van der Waals surface area contributed by atoms with Gasteiger partial charge in [-0.05, 0) is 38.8 Å². The van der Waals surface area contributed by atoms with Crippen LogP contribution in [0.15, 0.2) is 34.3 Å². The molecule has 164 valence electrons. The third-order valence-corrected chi connectivity index (χ3v) is 6.97. The maximum absolute atomic E-state index is 13.3. The standard InChI is InChI=1S/C23H29N5O2S/c1-5-7-10-26(6-2)20(29)12-17-14-31-23-25-21-18(22(30)27(17)23)13-24-28(21)19-9-8-15(3)11-16(19)4/h8-9,11,13,17H,5-7,10,12,14H2,1-4H3. The fourth-order valence-corrected chi connectivity index (χ4v) is 5.27. The summed E-state index contributed by atoms with van der Waals surface area (Å²) in [4.78, 5) is 32.9. The molecule has 1 aliphatic rings. The lowest BCUT2D eigenvalue weighted by molar-refractivity contribution is -0.131. The Morgan fingerprint density at radius 2 is 2.10 bits per heavy atom. The Morgan fingerprint density at radius 3 is 2.81 bits per heavy atom. The third kappa shape index (κ3) is 4.01. The van der Waals surface area contributed by atoms with Crippen LogP contribution in [-0.2, 0) is 4.79 Å². The Morgan fingerprint density at radius 1 is 1.29 bits per heavy atom. The molecule has 0 saturated carbocycles. The van der Waals surface area contributed by atoms with Crippen molar-refractivity contribution in [2.75, 3.05) is 18.8 Å². The van der Waals surface area contributed by atoms with E-state index < -0.39 is 0 Å². The number of carbonyl (C=O) groups excluding carboxylic acids is 1. The summed E-state index contributed by atoms with van der Waals surface area (Å²) in [6.45, 7) is 9.67. The van der Waals surface area contributed by atoms with E-state index in [1.54, 1.807) is 15.4 Å². The van der Waals surface area contributed by atoms with Gasteiger partial charge in [-0.2, -0.15) is 5.10 Å². The number of aryl methyl sites for hydroxylation is 2. The molecule has 1 aromatic carbocycles. The normalized spacial score (nSPS) is 15.4. The first-order valence-corrected chi connectivity index (χ1v) is 11.9. The largest absolute Gasteiger partial charge is 0.343 e. The number of fused-ring (bicyclic) bond motifs is 2. The smallest absolute Gasteiger partial charge is 0.265 e. The number of hydrogen-bond acceptors (Lipinski definition) is 5. The third-order valence-electron chi connectivity index (χ3n) is 5.88. The van der Waals surface area contributed by atoms with Crippen molar-refractivity contribution >= 4 is 28.7 Å². The summed E-state index contributed by atoms with van der Waals surface area (Å²) in [7, 11) is 0. The van der Waals surface area contributed by atoms with Crippen LogP contribution in [0.2, 0.25) is 0 Å². The van der Waals surface area contributed by atoms with Gasteiger partial charge in [0, 0.05) is 25.3 Å². The van der Waals surface area contributed by atoms with E-state index in [2.05, 4.69) is 25.0 Å². The highest BCUT2D eigenvalue weighted by Crippen LogP contribution is 2.34. The fourth-order valence-electron chi connectivity index (χ4n) is 4.14. The molecule has 0 N–H and O–H groups in total. The highest BCUT2D eigenvalue weighted by Gasteiger charge is 2.30. The van der Waals surface area contributed by atoms with Crippen LogP contribution in [0.5, 0.6) is 0 Å². The Bertz CT molecular complexity index is 1180. The average Bonchev–Trinajstić information content (AvgIpc) is 3.34. The number of rotatable bonds is 7. The van der Waals surface area contributed by atoms with E-state index in [0.717, 1.165) is 30.6 Å². The first-order chi connectivity index (χ1) is 14.9. The molecule has 4 rings (SSSR count). The first-order valence-electron chi connectivity index (χ1n) is 10.9. The van der Waals surface area contributed by atoms with Crippen molar-refractivity contribution < 1.29 is 4.79 Å². The van der Waals surface area contributed by atoms with E-state index in [0.29, 0.717) is 34.9 Å². The first kappa shape index (κ1) is 21.6. The van der Waals surface area contributed by atoms with Crippen molar-refractivity contribution in [1.29, 1.82) is 0 Å². The lowest BCUT2D eigenvalue weighted by Gasteiger charge is -2.23. The van der Waals surface area contributed by atoms with E-state index in [1.165, 1.54) is 17.3 Å². The summed E-state index contributed by atoms with van der Waals surface area (Å²) in [5, 5.41) is 5.63. The number of unbranched alkanes of at least 4 members (excludes halogenated alkanes) is 1. The Labute approximate surface area is 186 Å². The van der Waals surface area contributed by atoms with Gasteiger partial charge in [0.1, 0.15) is 5.39 Å². The molecule has 0 spiro atoms. The van der Waals surface area contributed by atoms with Crippen molar-refractivity contribution in [1.82, 2.24) is 24.2 Å². The summed E-state index contributed by atoms with van der Waals surface area (Å²) in [6.07, 6.45) is 3.97. The van der Waals surface area contributed by atoms with E-state index in [-0.39, 0.29) is 17.5 Å². The molecule has 1 atom stereocenters. The Hall–Kier alpha value is -2.61. The second-order valence-electron chi connectivity index (χ2n) is 8.15. The van der Waals surface area contributed by atoms with Crippen molar-refractivity contribution in [3.8, 4) is 5.69 Å². The number of hydrogen-bond donors (Lipinski definition) is 0. The summed E-state index contributed by atoms with van der Waals surface area (Å²) >= 11 is 1.54. The van der Waals surface area contributed by atoms with Gasteiger partial charge < -0.3 is 4.90 Å². The molecule has 31 heavy (non-hydrogen) atoms. The van der Waals surface area contributed by atoms with Crippen molar-refractivity contribution in [3.63, 3.8) is 0 Å². The topological polar surface area (TPSA) is 73.0 Å². The summed E-state index contributed by atoms with van der Waals surface area (Å²) in [6, 6.07) is 5.97. The molecule has 0 radical (unpaired) electrons. The van der Waals surface area contributed by atoms with Gasteiger partial charge in [0.05, 0.1) is 17.9 Å².